The van der Waals surface area contributed by atoms with Crippen LogP contribution in [0.5, 0.6) is 11.5 Å². The first-order chi connectivity index (χ1) is 13.4. The number of aliphatic hydroxyl groups is 1. The summed E-state index contributed by atoms with van der Waals surface area (Å²) in [6.07, 6.45) is 3.25. The molecule has 146 valence electrons. The zero-order valence-electron chi connectivity index (χ0n) is 14.4. The molecule has 9 heteroatoms. The van der Waals surface area contributed by atoms with Crippen LogP contribution in [0.3, 0.4) is 0 Å². The Labute approximate surface area is 189 Å². The largest absolute Gasteiger partial charge is 0.457 e. The van der Waals surface area contributed by atoms with Crippen molar-refractivity contribution >= 4 is 55.1 Å². The highest BCUT2D eigenvalue weighted by Crippen LogP contribution is 2.39. The van der Waals surface area contributed by atoms with Crippen LogP contribution in [0.2, 0.25) is 10.0 Å². The minimum absolute atomic E-state index is 0.181. The Morgan fingerprint density at radius 1 is 1.18 bits per heavy atom. The van der Waals surface area contributed by atoms with E-state index in [9.17, 15) is 5.11 Å². The SMILES string of the molecule is OC(CC(Br)=CBr)(Cn1cncn1)c1ccc(Oc2ccc(Cl)cc2)cc1Cl. The van der Waals surface area contributed by atoms with Gasteiger partial charge in [0.05, 0.1) is 11.6 Å². The van der Waals surface area contributed by atoms with E-state index in [0.717, 1.165) is 4.48 Å². The van der Waals surface area contributed by atoms with Gasteiger partial charge in [0, 0.05) is 21.5 Å². The van der Waals surface area contributed by atoms with E-state index in [-0.39, 0.29) is 13.0 Å². The van der Waals surface area contributed by atoms with Crippen molar-refractivity contribution in [2.75, 3.05) is 0 Å². The van der Waals surface area contributed by atoms with Crippen molar-refractivity contribution in [2.24, 2.45) is 0 Å². The van der Waals surface area contributed by atoms with Gasteiger partial charge in [0.2, 0.25) is 0 Å². The first-order valence-electron chi connectivity index (χ1n) is 8.12. The fourth-order valence-corrected chi connectivity index (χ4v) is 3.81. The average molecular weight is 548 g/mol. The second kappa shape index (κ2) is 9.41. The lowest BCUT2D eigenvalue weighted by Crippen LogP contribution is -2.32. The lowest BCUT2D eigenvalue weighted by Gasteiger charge is -2.29. The molecule has 1 aromatic heterocycles. The van der Waals surface area contributed by atoms with E-state index in [1.54, 1.807) is 58.5 Å². The summed E-state index contributed by atoms with van der Waals surface area (Å²) >= 11 is 19.1. The minimum atomic E-state index is -1.31. The molecule has 0 aliphatic heterocycles. The van der Waals surface area contributed by atoms with E-state index >= 15 is 0 Å². The van der Waals surface area contributed by atoms with Gasteiger partial charge >= 0.3 is 0 Å². The highest BCUT2D eigenvalue weighted by atomic mass is 79.9. The number of halogens is 4. The number of rotatable bonds is 7. The molecule has 3 aromatic rings. The number of aromatic nitrogens is 3. The third kappa shape index (κ3) is 5.36. The van der Waals surface area contributed by atoms with Crippen molar-refractivity contribution in [1.82, 2.24) is 14.8 Å². The molecular formula is C19H15Br2Cl2N3O2. The van der Waals surface area contributed by atoms with E-state index in [1.807, 2.05) is 0 Å². The van der Waals surface area contributed by atoms with E-state index in [1.165, 1.54) is 6.33 Å². The lowest BCUT2D eigenvalue weighted by molar-refractivity contribution is 0.0172. The van der Waals surface area contributed by atoms with Crippen molar-refractivity contribution in [2.45, 2.75) is 18.6 Å². The maximum atomic E-state index is 11.4. The van der Waals surface area contributed by atoms with E-state index < -0.39 is 5.60 Å². The van der Waals surface area contributed by atoms with E-state index in [4.69, 9.17) is 27.9 Å². The fourth-order valence-electron chi connectivity index (χ4n) is 2.71. The summed E-state index contributed by atoms with van der Waals surface area (Å²) < 4.78 is 8.14. The van der Waals surface area contributed by atoms with Gasteiger partial charge in [-0.15, -0.1) is 0 Å². The van der Waals surface area contributed by atoms with Crippen LogP contribution < -0.4 is 4.74 Å². The summed E-state index contributed by atoms with van der Waals surface area (Å²) in [6, 6.07) is 12.2. The maximum absolute atomic E-state index is 11.4. The lowest BCUT2D eigenvalue weighted by atomic mass is 9.90. The number of hydrogen-bond acceptors (Lipinski definition) is 4. The fraction of sp³-hybridized carbons (Fsp3) is 0.158. The van der Waals surface area contributed by atoms with Crippen molar-refractivity contribution in [1.29, 1.82) is 0 Å². The van der Waals surface area contributed by atoms with Crippen molar-refractivity contribution in [3.05, 3.63) is 80.2 Å². The number of hydrogen-bond donors (Lipinski definition) is 1. The van der Waals surface area contributed by atoms with Crippen LogP contribution in [0.25, 0.3) is 0 Å². The monoisotopic (exact) mass is 545 g/mol. The predicted molar refractivity (Wildman–Crippen MR) is 117 cm³/mol. The molecule has 0 spiro atoms. The van der Waals surface area contributed by atoms with Crippen LogP contribution in [0, 0.1) is 0 Å². The minimum Gasteiger partial charge on any atom is -0.457 e. The van der Waals surface area contributed by atoms with Crippen molar-refractivity contribution < 1.29 is 9.84 Å². The molecule has 3 rings (SSSR count). The Morgan fingerprint density at radius 3 is 2.50 bits per heavy atom. The molecule has 0 radical (unpaired) electrons. The molecule has 0 amide bonds. The number of ether oxygens (including phenoxy) is 1. The zero-order chi connectivity index (χ0) is 20.1. The second-order valence-electron chi connectivity index (χ2n) is 6.06. The average Bonchev–Trinajstić information content (AvgIpc) is 3.16. The van der Waals surface area contributed by atoms with Gasteiger partial charge in [0.1, 0.15) is 29.8 Å². The van der Waals surface area contributed by atoms with Gasteiger partial charge in [-0.1, -0.05) is 61.1 Å². The summed E-state index contributed by atoms with van der Waals surface area (Å²) in [6.45, 7) is 0.181. The normalized spacial score (nSPS) is 14.0. The molecule has 0 aliphatic rings. The molecule has 5 nitrogen and oxygen atoms in total. The van der Waals surface area contributed by atoms with Crippen molar-refractivity contribution in [3.63, 3.8) is 0 Å². The smallest absolute Gasteiger partial charge is 0.137 e. The molecule has 0 fully saturated rings. The summed E-state index contributed by atoms with van der Waals surface area (Å²) in [7, 11) is 0. The first-order valence-corrected chi connectivity index (χ1v) is 10.6. The quantitative estimate of drug-likeness (QED) is 0.378. The summed E-state index contributed by atoms with van der Waals surface area (Å²) in [5.74, 6) is 1.19. The van der Waals surface area contributed by atoms with Gasteiger partial charge < -0.3 is 9.84 Å². The van der Waals surface area contributed by atoms with Crippen LogP contribution in [0.4, 0.5) is 0 Å². The van der Waals surface area contributed by atoms with E-state index in [2.05, 4.69) is 41.9 Å². The Kier molecular flexibility index (Phi) is 7.17. The molecular weight excluding hydrogens is 533 g/mol. The molecule has 1 atom stereocenters. The highest BCUT2D eigenvalue weighted by Gasteiger charge is 2.33. The molecule has 0 saturated carbocycles. The van der Waals surface area contributed by atoms with Crippen LogP contribution in [-0.2, 0) is 12.1 Å². The number of nitrogens with zero attached hydrogens (tertiary/aromatic N) is 3. The van der Waals surface area contributed by atoms with Gasteiger partial charge in [0.25, 0.3) is 0 Å². The Bertz CT molecular complexity index is 966. The molecule has 2 aromatic carbocycles. The number of benzene rings is 2. The standard InChI is InChI=1S/C19H15Br2Cl2N3O2/c20-9-13(21)8-19(27,10-26-12-24-11-25-26)17-6-5-16(7-18(17)23)28-15-3-1-14(22)2-4-15/h1-7,9,11-12,27H,8,10H2. The van der Waals surface area contributed by atoms with Crippen LogP contribution in [-0.4, -0.2) is 19.9 Å². The van der Waals surface area contributed by atoms with Gasteiger partial charge in [-0.25, -0.2) is 9.67 Å². The Hall–Kier alpha value is -1.38. The van der Waals surface area contributed by atoms with Gasteiger partial charge in [0.15, 0.2) is 0 Å². The third-order valence-electron chi connectivity index (χ3n) is 3.96. The molecule has 1 unspecified atom stereocenters. The van der Waals surface area contributed by atoms with E-state index in [0.29, 0.717) is 27.1 Å². The van der Waals surface area contributed by atoms with Gasteiger partial charge in [-0.2, -0.15) is 5.10 Å². The maximum Gasteiger partial charge on any atom is 0.137 e. The molecule has 1 N–H and O–H groups in total. The summed E-state index contributed by atoms with van der Waals surface area (Å²) in [4.78, 5) is 5.63. The van der Waals surface area contributed by atoms with Gasteiger partial charge in [-0.3, -0.25) is 0 Å². The molecule has 0 aliphatic carbocycles. The van der Waals surface area contributed by atoms with Gasteiger partial charge in [-0.05, 0) is 41.4 Å². The third-order valence-corrected chi connectivity index (χ3v) is 6.20. The first kappa shape index (κ1) is 21.3. The highest BCUT2D eigenvalue weighted by molar-refractivity contribution is 9.14. The Morgan fingerprint density at radius 2 is 1.89 bits per heavy atom. The molecule has 28 heavy (non-hydrogen) atoms. The summed E-state index contributed by atoms with van der Waals surface area (Å²) in [5, 5.41) is 16.5. The van der Waals surface area contributed by atoms with Crippen LogP contribution >= 0.6 is 55.1 Å². The molecule has 1 heterocycles. The topological polar surface area (TPSA) is 60.2 Å². The van der Waals surface area contributed by atoms with Crippen molar-refractivity contribution in [3.8, 4) is 11.5 Å². The molecule has 0 bridgehead atoms. The molecule has 0 saturated heterocycles. The predicted octanol–water partition coefficient (Wildman–Crippen LogP) is 6.29. The second-order valence-corrected chi connectivity index (χ2v) is 8.38. The summed E-state index contributed by atoms with van der Waals surface area (Å²) in [5.41, 5.74) is -0.758. The Balaban J connectivity index is 1.90. The van der Waals surface area contributed by atoms with Crippen LogP contribution in [0.1, 0.15) is 12.0 Å². The zero-order valence-corrected chi connectivity index (χ0v) is 19.1. The van der Waals surface area contributed by atoms with Crippen LogP contribution in [0.15, 0.2) is 64.6 Å².